The van der Waals surface area contributed by atoms with Crippen molar-refractivity contribution in [2.24, 2.45) is 5.92 Å². The van der Waals surface area contributed by atoms with Gasteiger partial charge in [0.15, 0.2) is 5.78 Å². The van der Waals surface area contributed by atoms with Crippen molar-refractivity contribution in [3.63, 3.8) is 0 Å². The van der Waals surface area contributed by atoms with Gasteiger partial charge in [-0.1, -0.05) is 43.2 Å². The SMILES string of the molecule is O=C(CCCCC1CCNCC1)c1ccccc1. The van der Waals surface area contributed by atoms with Crippen molar-refractivity contribution in [3.05, 3.63) is 35.9 Å². The molecule has 98 valence electrons. The molecule has 0 unspecified atom stereocenters. The maximum atomic E-state index is 11.9. The second-order valence-corrected chi connectivity index (χ2v) is 5.23. The van der Waals surface area contributed by atoms with Gasteiger partial charge in [0.05, 0.1) is 0 Å². The van der Waals surface area contributed by atoms with Crippen molar-refractivity contribution < 1.29 is 4.79 Å². The number of hydrogen-bond donors (Lipinski definition) is 1. The Morgan fingerprint density at radius 1 is 1.11 bits per heavy atom. The van der Waals surface area contributed by atoms with Gasteiger partial charge in [-0.2, -0.15) is 0 Å². The fourth-order valence-electron chi connectivity index (χ4n) is 2.66. The number of carbonyl (C=O) groups excluding carboxylic acids is 1. The van der Waals surface area contributed by atoms with Crippen LogP contribution in [0.1, 0.15) is 48.9 Å². The van der Waals surface area contributed by atoms with Crippen LogP contribution in [0.2, 0.25) is 0 Å². The van der Waals surface area contributed by atoms with Crippen LogP contribution < -0.4 is 5.32 Å². The van der Waals surface area contributed by atoms with Gasteiger partial charge in [-0.05, 0) is 38.3 Å². The molecule has 1 aliphatic heterocycles. The van der Waals surface area contributed by atoms with E-state index in [9.17, 15) is 4.79 Å². The van der Waals surface area contributed by atoms with Crippen LogP contribution in [0.25, 0.3) is 0 Å². The second kappa shape index (κ2) is 7.32. The Morgan fingerprint density at radius 3 is 2.56 bits per heavy atom. The molecule has 0 atom stereocenters. The molecule has 2 rings (SSSR count). The lowest BCUT2D eigenvalue weighted by Gasteiger charge is -2.22. The summed E-state index contributed by atoms with van der Waals surface area (Å²) in [5, 5.41) is 3.39. The molecule has 1 aromatic carbocycles. The number of Topliss-reactive ketones (excluding diaryl/α,β-unsaturated/α-hetero) is 1. The van der Waals surface area contributed by atoms with Crippen molar-refractivity contribution in [1.29, 1.82) is 0 Å². The summed E-state index contributed by atoms with van der Waals surface area (Å²) in [6, 6.07) is 9.64. The third-order valence-electron chi connectivity index (χ3n) is 3.82. The summed E-state index contributed by atoms with van der Waals surface area (Å²) in [6.45, 7) is 2.35. The van der Waals surface area contributed by atoms with Gasteiger partial charge in [-0.15, -0.1) is 0 Å². The third kappa shape index (κ3) is 4.26. The quantitative estimate of drug-likeness (QED) is 0.614. The summed E-state index contributed by atoms with van der Waals surface area (Å²) in [4.78, 5) is 11.9. The smallest absolute Gasteiger partial charge is 0.162 e. The molecule has 0 saturated carbocycles. The lowest BCUT2D eigenvalue weighted by atomic mass is 9.92. The highest BCUT2D eigenvalue weighted by atomic mass is 16.1. The Morgan fingerprint density at radius 2 is 1.83 bits per heavy atom. The van der Waals surface area contributed by atoms with Gasteiger partial charge < -0.3 is 5.32 Å². The highest BCUT2D eigenvalue weighted by Gasteiger charge is 2.12. The van der Waals surface area contributed by atoms with E-state index in [1.165, 1.54) is 38.8 Å². The Hall–Kier alpha value is -1.15. The monoisotopic (exact) mass is 245 g/mol. The van der Waals surface area contributed by atoms with Gasteiger partial charge in [0, 0.05) is 12.0 Å². The predicted molar refractivity (Wildman–Crippen MR) is 74.8 cm³/mol. The molecule has 0 aromatic heterocycles. The molecule has 2 heteroatoms. The second-order valence-electron chi connectivity index (χ2n) is 5.23. The minimum absolute atomic E-state index is 0.293. The first-order chi connectivity index (χ1) is 8.86. The summed E-state index contributed by atoms with van der Waals surface area (Å²) < 4.78 is 0. The van der Waals surface area contributed by atoms with E-state index >= 15 is 0 Å². The predicted octanol–water partition coefficient (Wildman–Crippen LogP) is 3.43. The van der Waals surface area contributed by atoms with Crippen LogP contribution in [0, 0.1) is 5.92 Å². The lowest BCUT2D eigenvalue weighted by Crippen LogP contribution is -2.27. The van der Waals surface area contributed by atoms with Gasteiger partial charge in [0.25, 0.3) is 0 Å². The molecular weight excluding hydrogens is 222 g/mol. The van der Waals surface area contributed by atoms with Crippen LogP contribution in [-0.4, -0.2) is 18.9 Å². The zero-order chi connectivity index (χ0) is 12.6. The van der Waals surface area contributed by atoms with Gasteiger partial charge >= 0.3 is 0 Å². The Balaban J connectivity index is 1.62. The molecule has 1 saturated heterocycles. The first-order valence-electron chi connectivity index (χ1n) is 7.15. The Bertz CT molecular complexity index is 355. The largest absolute Gasteiger partial charge is 0.317 e. The molecule has 2 nitrogen and oxygen atoms in total. The standard InChI is InChI=1S/C16H23NO/c18-16(15-7-2-1-3-8-15)9-5-4-6-14-10-12-17-13-11-14/h1-3,7-8,14,17H,4-6,9-13H2. The lowest BCUT2D eigenvalue weighted by molar-refractivity contribution is 0.0978. The summed E-state index contributed by atoms with van der Waals surface area (Å²) in [7, 11) is 0. The molecule has 1 fully saturated rings. The minimum atomic E-state index is 0.293. The van der Waals surface area contributed by atoms with Crippen LogP contribution >= 0.6 is 0 Å². The molecule has 1 aliphatic rings. The number of hydrogen-bond acceptors (Lipinski definition) is 2. The number of carbonyl (C=O) groups is 1. The summed E-state index contributed by atoms with van der Waals surface area (Å²) >= 11 is 0. The molecule has 0 radical (unpaired) electrons. The highest BCUT2D eigenvalue weighted by molar-refractivity contribution is 5.95. The fraction of sp³-hybridized carbons (Fsp3) is 0.562. The average Bonchev–Trinajstić information content (AvgIpc) is 2.45. The number of unbranched alkanes of at least 4 members (excludes halogenated alkanes) is 1. The molecule has 18 heavy (non-hydrogen) atoms. The van der Waals surface area contributed by atoms with Crippen molar-refractivity contribution in [3.8, 4) is 0 Å². The van der Waals surface area contributed by atoms with Crippen LogP contribution in [0.15, 0.2) is 30.3 Å². The fourth-order valence-corrected chi connectivity index (χ4v) is 2.66. The average molecular weight is 245 g/mol. The zero-order valence-electron chi connectivity index (χ0n) is 11.0. The Kier molecular flexibility index (Phi) is 5.40. The van der Waals surface area contributed by atoms with Gasteiger partial charge in [0.2, 0.25) is 0 Å². The molecule has 0 amide bonds. The van der Waals surface area contributed by atoms with E-state index in [1.54, 1.807) is 0 Å². The maximum absolute atomic E-state index is 11.9. The third-order valence-corrected chi connectivity index (χ3v) is 3.82. The summed E-state index contributed by atoms with van der Waals surface area (Å²) in [5.74, 6) is 1.18. The first-order valence-corrected chi connectivity index (χ1v) is 7.15. The van der Waals surface area contributed by atoms with E-state index in [0.717, 1.165) is 17.9 Å². The number of piperidine rings is 1. The van der Waals surface area contributed by atoms with E-state index in [-0.39, 0.29) is 0 Å². The minimum Gasteiger partial charge on any atom is -0.317 e. The van der Waals surface area contributed by atoms with Crippen molar-refractivity contribution >= 4 is 5.78 Å². The Labute approximate surface area is 110 Å². The van der Waals surface area contributed by atoms with E-state index in [2.05, 4.69) is 5.32 Å². The van der Waals surface area contributed by atoms with E-state index < -0.39 is 0 Å². The van der Waals surface area contributed by atoms with Crippen LogP contribution in [-0.2, 0) is 0 Å². The molecular formula is C16H23NO. The van der Waals surface area contributed by atoms with Gasteiger partial charge in [-0.25, -0.2) is 0 Å². The topological polar surface area (TPSA) is 29.1 Å². The highest BCUT2D eigenvalue weighted by Crippen LogP contribution is 2.19. The molecule has 0 spiro atoms. The summed E-state index contributed by atoms with van der Waals surface area (Å²) in [5.41, 5.74) is 0.861. The number of nitrogens with one attached hydrogen (secondary N) is 1. The molecule has 0 bridgehead atoms. The number of ketones is 1. The van der Waals surface area contributed by atoms with E-state index in [0.29, 0.717) is 12.2 Å². The van der Waals surface area contributed by atoms with Gasteiger partial charge in [0.1, 0.15) is 0 Å². The normalized spacial score (nSPS) is 16.7. The zero-order valence-corrected chi connectivity index (χ0v) is 11.0. The summed E-state index contributed by atoms with van der Waals surface area (Å²) in [6.07, 6.45) is 6.86. The van der Waals surface area contributed by atoms with Crippen molar-refractivity contribution in [2.75, 3.05) is 13.1 Å². The van der Waals surface area contributed by atoms with Crippen molar-refractivity contribution in [2.45, 2.75) is 38.5 Å². The molecule has 1 N–H and O–H groups in total. The van der Waals surface area contributed by atoms with Crippen LogP contribution in [0.5, 0.6) is 0 Å². The number of benzene rings is 1. The van der Waals surface area contributed by atoms with Crippen LogP contribution in [0.3, 0.4) is 0 Å². The van der Waals surface area contributed by atoms with E-state index in [4.69, 9.17) is 0 Å². The van der Waals surface area contributed by atoms with Crippen molar-refractivity contribution in [1.82, 2.24) is 5.32 Å². The molecule has 0 aliphatic carbocycles. The van der Waals surface area contributed by atoms with Gasteiger partial charge in [-0.3, -0.25) is 4.79 Å². The molecule has 1 aromatic rings. The number of rotatable bonds is 6. The van der Waals surface area contributed by atoms with E-state index in [1.807, 2.05) is 30.3 Å². The van der Waals surface area contributed by atoms with Crippen LogP contribution in [0.4, 0.5) is 0 Å². The maximum Gasteiger partial charge on any atom is 0.162 e. The first kappa shape index (κ1) is 13.3. The molecule has 1 heterocycles.